The second-order valence-electron chi connectivity index (χ2n) is 11.9. The minimum atomic E-state index is -5.23. The summed E-state index contributed by atoms with van der Waals surface area (Å²) in [4.78, 5) is 49.2. The molecule has 3 aliphatic rings. The normalized spacial score (nSPS) is 26.6. The van der Waals surface area contributed by atoms with Crippen molar-refractivity contribution in [1.82, 2.24) is 25.5 Å². The van der Waals surface area contributed by atoms with Crippen molar-refractivity contribution >= 4 is 28.6 Å². The zero-order valence-electron chi connectivity index (χ0n) is 22.4. The summed E-state index contributed by atoms with van der Waals surface area (Å²) >= 11 is 0. The van der Waals surface area contributed by atoms with E-state index in [1.807, 2.05) is 6.07 Å². The van der Waals surface area contributed by atoms with Crippen LogP contribution in [-0.4, -0.2) is 57.4 Å². The smallest absolute Gasteiger partial charge is 0.336 e. The van der Waals surface area contributed by atoms with Gasteiger partial charge in [-0.25, -0.2) is 4.39 Å². The van der Waals surface area contributed by atoms with E-state index in [0.717, 1.165) is 4.90 Å². The van der Waals surface area contributed by atoms with Crippen LogP contribution in [0.4, 0.5) is 17.6 Å². The highest BCUT2D eigenvalue weighted by atomic mass is 19.4. The molecule has 1 aliphatic heterocycles. The topological polar surface area (TPSA) is 128 Å². The van der Waals surface area contributed by atoms with Crippen LogP contribution in [-0.2, 0) is 14.4 Å². The summed E-state index contributed by atoms with van der Waals surface area (Å²) in [6, 6.07) is 1.32. The van der Waals surface area contributed by atoms with Crippen molar-refractivity contribution in [1.29, 1.82) is 5.26 Å². The van der Waals surface area contributed by atoms with E-state index in [4.69, 9.17) is 0 Å². The number of aromatic nitrogens is 2. The Morgan fingerprint density at radius 3 is 2.56 bits per heavy atom. The van der Waals surface area contributed by atoms with E-state index < -0.39 is 59.3 Å². The van der Waals surface area contributed by atoms with Gasteiger partial charge in [-0.3, -0.25) is 24.4 Å². The van der Waals surface area contributed by atoms with Gasteiger partial charge in [0.15, 0.2) is 0 Å². The predicted octanol–water partition coefficient (Wildman–Crippen LogP) is 3.35. The van der Waals surface area contributed by atoms with E-state index in [1.54, 1.807) is 23.6 Å². The number of amides is 3. The number of alkyl halides is 3. The maximum atomic E-state index is 14.8. The molecule has 2 aliphatic carbocycles. The highest BCUT2D eigenvalue weighted by Crippen LogP contribution is 2.57. The summed E-state index contributed by atoms with van der Waals surface area (Å²) in [7, 11) is 0. The van der Waals surface area contributed by atoms with Crippen LogP contribution in [0.25, 0.3) is 10.9 Å². The summed E-state index contributed by atoms with van der Waals surface area (Å²) in [5, 5.41) is 15.1. The lowest BCUT2D eigenvalue weighted by atomic mass is 9.81. The van der Waals surface area contributed by atoms with Crippen molar-refractivity contribution in [3.63, 3.8) is 0 Å². The minimum Gasteiger partial charge on any atom is -0.336 e. The van der Waals surface area contributed by atoms with Crippen LogP contribution in [0.2, 0.25) is 0 Å². The third-order valence-corrected chi connectivity index (χ3v) is 8.33. The Balaban J connectivity index is 1.49. The second kappa shape index (κ2) is 10.1. The van der Waals surface area contributed by atoms with Crippen LogP contribution in [0.1, 0.15) is 38.8 Å². The van der Waals surface area contributed by atoms with Crippen LogP contribution < -0.4 is 10.6 Å². The van der Waals surface area contributed by atoms with Gasteiger partial charge in [-0.1, -0.05) is 20.8 Å². The van der Waals surface area contributed by atoms with Crippen LogP contribution in [0, 0.1) is 40.4 Å². The van der Waals surface area contributed by atoms with Gasteiger partial charge in [0.05, 0.1) is 17.4 Å². The summed E-state index contributed by atoms with van der Waals surface area (Å²) in [5.41, 5.74) is -0.409. The van der Waals surface area contributed by atoms with Crippen molar-refractivity contribution in [2.75, 3.05) is 6.54 Å². The molecule has 2 bridgehead atoms. The van der Waals surface area contributed by atoms with E-state index in [1.165, 1.54) is 39.2 Å². The Morgan fingerprint density at radius 1 is 1.17 bits per heavy atom. The van der Waals surface area contributed by atoms with Crippen molar-refractivity contribution in [3.05, 3.63) is 48.2 Å². The third kappa shape index (κ3) is 5.00. The highest BCUT2D eigenvalue weighted by molar-refractivity contribution is 5.95. The van der Waals surface area contributed by atoms with Crippen molar-refractivity contribution in [2.24, 2.45) is 29.1 Å². The van der Waals surface area contributed by atoms with Crippen molar-refractivity contribution < 1.29 is 31.9 Å². The van der Waals surface area contributed by atoms with Crippen LogP contribution in [0.15, 0.2) is 42.6 Å². The Kier molecular flexibility index (Phi) is 6.99. The van der Waals surface area contributed by atoms with Gasteiger partial charge >= 0.3 is 12.1 Å². The molecule has 9 nitrogen and oxygen atoms in total. The molecule has 216 valence electrons. The number of hydrogen-bond donors (Lipinski definition) is 2. The number of nitrogens with one attached hydrogen (secondary N) is 2. The molecule has 0 spiro atoms. The molecule has 1 saturated heterocycles. The Bertz CT molecular complexity index is 1470. The van der Waals surface area contributed by atoms with E-state index in [2.05, 4.69) is 15.3 Å². The SMILES string of the molecule is CC(C)(C)C(NC(=O)C(F)(F)F)C(=O)N1CC2C3C=C(F)C(C3)C2C1C(=O)NC(C#N)c1cncc2cccnc12. The molecule has 3 heterocycles. The second-order valence-corrected chi connectivity index (χ2v) is 11.9. The molecule has 7 atom stereocenters. The molecular weight excluding hydrogens is 544 g/mol. The summed E-state index contributed by atoms with van der Waals surface area (Å²) < 4.78 is 54.3. The molecule has 5 rings (SSSR count). The average Bonchev–Trinajstić information content (AvgIpc) is 3.58. The molecule has 2 fully saturated rings. The number of hydrogen-bond acceptors (Lipinski definition) is 6. The Labute approximate surface area is 233 Å². The summed E-state index contributed by atoms with van der Waals surface area (Å²) in [5.74, 6) is -6.13. The van der Waals surface area contributed by atoms with Crippen LogP contribution >= 0.6 is 0 Å². The largest absolute Gasteiger partial charge is 0.471 e. The number of carbonyl (C=O) groups excluding carboxylic acids is 3. The van der Waals surface area contributed by atoms with Crippen LogP contribution in [0.5, 0.6) is 0 Å². The van der Waals surface area contributed by atoms with Crippen molar-refractivity contribution in [3.8, 4) is 6.07 Å². The van der Waals surface area contributed by atoms with Crippen LogP contribution in [0.3, 0.4) is 0 Å². The number of nitriles is 1. The quantitative estimate of drug-likeness (QED) is 0.529. The third-order valence-electron chi connectivity index (χ3n) is 8.33. The Morgan fingerprint density at radius 2 is 1.90 bits per heavy atom. The number of nitrogens with zero attached hydrogens (tertiary/aromatic N) is 4. The first-order chi connectivity index (χ1) is 19.2. The van der Waals surface area contributed by atoms with Gasteiger partial charge < -0.3 is 15.5 Å². The number of fused-ring (bicyclic) bond motifs is 6. The maximum absolute atomic E-state index is 14.8. The molecule has 2 aromatic rings. The first kappa shape index (κ1) is 28.4. The predicted molar refractivity (Wildman–Crippen MR) is 137 cm³/mol. The lowest BCUT2D eigenvalue weighted by Gasteiger charge is -2.37. The molecule has 2 aromatic heterocycles. The van der Waals surface area contributed by atoms with Gasteiger partial charge in [-0.05, 0) is 41.9 Å². The first-order valence-corrected chi connectivity index (χ1v) is 13.2. The van der Waals surface area contributed by atoms with E-state index in [-0.39, 0.29) is 24.2 Å². The van der Waals surface area contributed by atoms with E-state index in [9.17, 15) is 37.2 Å². The molecule has 2 N–H and O–H groups in total. The number of halogens is 4. The fourth-order valence-electron chi connectivity index (χ4n) is 6.50. The zero-order chi connectivity index (χ0) is 29.9. The lowest BCUT2D eigenvalue weighted by molar-refractivity contribution is -0.176. The minimum absolute atomic E-state index is 0.00436. The molecular formula is C28H28F4N6O3. The van der Waals surface area contributed by atoms with Gasteiger partial charge in [0.1, 0.15) is 18.1 Å². The number of rotatable bonds is 5. The van der Waals surface area contributed by atoms with E-state index in [0.29, 0.717) is 22.9 Å². The van der Waals surface area contributed by atoms with E-state index >= 15 is 0 Å². The lowest BCUT2D eigenvalue weighted by Crippen LogP contribution is -2.60. The molecule has 7 unspecified atom stereocenters. The molecule has 0 aromatic carbocycles. The number of likely N-dealkylation sites (tertiary alicyclic amines) is 1. The summed E-state index contributed by atoms with van der Waals surface area (Å²) in [6.45, 7) is 4.48. The average molecular weight is 573 g/mol. The van der Waals surface area contributed by atoms with Gasteiger partial charge in [-0.15, -0.1) is 0 Å². The number of carbonyl (C=O) groups is 3. The summed E-state index contributed by atoms with van der Waals surface area (Å²) in [6.07, 6.45) is 1.18. The molecule has 41 heavy (non-hydrogen) atoms. The molecule has 1 saturated carbocycles. The van der Waals surface area contributed by atoms with Gasteiger partial charge in [0.25, 0.3) is 0 Å². The molecule has 0 radical (unpaired) electrons. The number of allylic oxidation sites excluding steroid dienone is 2. The maximum Gasteiger partial charge on any atom is 0.471 e. The Hall–Kier alpha value is -4.08. The zero-order valence-corrected chi connectivity index (χ0v) is 22.4. The number of pyridine rings is 2. The van der Waals surface area contributed by atoms with Gasteiger partial charge in [0, 0.05) is 47.9 Å². The van der Waals surface area contributed by atoms with Crippen molar-refractivity contribution in [2.45, 2.75) is 51.5 Å². The highest BCUT2D eigenvalue weighted by Gasteiger charge is 2.61. The fourth-order valence-corrected chi connectivity index (χ4v) is 6.50. The fraction of sp³-hybridized carbons (Fsp3) is 0.500. The van der Waals surface area contributed by atoms with Gasteiger partial charge in [0.2, 0.25) is 11.8 Å². The molecule has 13 heteroatoms. The monoisotopic (exact) mass is 572 g/mol. The standard InChI is InChI=1S/C28H28F4N6O3/c1-27(2,3)23(37-26(41)28(30,31)32)25(40)38-12-17-14-7-15(18(29)8-14)20(17)22(38)24(39)36-19(9-33)16-11-34-10-13-5-4-6-35-21(13)16/h4-6,8,10-11,14-15,17,19-20,22-23H,7,12H2,1-3H3,(H,36,39)(H,37,41). The first-order valence-electron chi connectivity index (χ1n) is 13.2. The molecule has 3 amide bonds. The van der Waals surface area contributed by atoms with Gasteiger partial charge in [-0.2, -0.15) is 18.4 Å².